The molecule has 21 heavy (non-hydrogen) atoms. The van der Waals surface area contributed by atoms with Gasteiger partial charge < -0.3 is 5.73 Å². The summed E-state index contributed by atoms with van der Waals surface area (Å²) in [7, 11) is 0. The van der Waals surface area contributed by atoms with Gasteiger partial charge in [0.15, 0.2) is 5.82 Å². The van der Waals surface area contributed by atoms with Crippen LogP contribution >= 0.6 is 11.6 Å². The molecule has 0 aliphatic carbocycles. The minimum atomic E-state index is -0.523. The predicted molar refractivity (Wildman–Crippen MR) is 73.9 cm³/mol. The van der Waals surface area contributed by atoms with Gasteiger partial charge >= 0.3 is 0 Å². The molecular weight excluding hydrogens is 300 g/mol. The average molecular weight is 308 g/mol. The van der Waals surface area contributed by atoms with Crippen molar-refractivity contribution in [3.05, 3.63) is 53.1 Å². The number of hydrogen-bond acceptors (Lipinski definition) is 4. The van der Waals surface area contributed by atoms with E-state index >= 15 is 0 Å². The van der Waals surface area contributed by atoms with Gasteiger partial charge in [-0.25, -0.2) is 8.78 Å². The first-order chi connectivity index (χ1) is 10.0. The zero-order valence-electron chi connectivity index (χ0n) is 10.5. The Morgan fingerprint density at radius 2 is 1.86 bits per heavy atom. The van der Waals surface area contributed by atoms with Gasteiger partial charge in [-0.05, 0) is 40.8 Å². The third-order valence-corrected chi connectivity index (χ3v) is 3.10. The van der Waals surface area contributed by atoms with Crippen molar-refractivity contribution in [2.75, 3.05) is 5.73 Å². The number of benzene rings is 2. The summed E-state index contributed by atoms with van der Waals surface area (Å²) in [4.78, 5) is 0. The standard InChI is InChI=1S/C13H8ClF2N5/c14-11-2-1-8(15)6-12(11)21-13(18-19-20-21)7-3-9(16)5-10(17)4-7/h1-6H,17H2. The van der Waals surface area contributed by atoms with E-state index in [-0.39, 0.29) is 22.2 Å². The Bertz CT molecular complexity index is 798. The van der Waals surface area contributed by atoms with Crippen molar-refractivity contribution < 1.29 is 8.78 Å². The number of tetrazole rings is 1. The fraction of sp³-hybridized carbons (Fsp3) is 0. The molecular formula is C13H8ClF2N5. The molecule has 106 valence electrons. The van der Waals surface area contributed by atoms with E-state index in [0.717, 1.165) is 0 Å². The van der Waals surface area contributed by atoms with E-state index in [9.17, 15) is 8.78 Å². The summed E-state index contributed by atoms with van der Waals surface area (Å²) < 4.78 is 28.1. The smallest absolute Gasteiger partial charge is 0.187 e. The number of aromatic nitrogens is 4. The first-order valence-electron chi connectivity index (χ1n) is 5.85. The lowest BCUT2D eigenvalue weighted by molar-refractivity contribution is 0.624. The van der Waals surface area contributed by atoms with Crippen molar-refractivity contribution in [2.24, 2.45) is 0 Å². The third-order valence-electron chi connectivity index (χ3n) is 2.78. The SMILES string of the molecule is Nc1cc(F)cc(-c2nnnn2-c2cc(F)ccc2Cl)c1. The van der Waals surface area contributed by atoms with Crippen molar-refractivity contribution in [3.8, 4) is 17.1 Å². The molecule has 0 atom stereocenters. The fourth-order valence-corrected chi connectivity index (χ4v) is 2.12. The van der Waals surface area contributed by atoms with E-state index in [2.05, 4.69) is 15.5 Å². The van der Waals surface area contributed by atoms with Gasteiger partial charge in [0.1, 0.15) is 11.6 Å². The summed E-state index contributed by atoms with van der Waals surface area (Å²) in [5, 5.41) is 11.4. The summed E-state index contributed by atoms with van der Waals surface area (Å²) in [5.41, 5.74) is 6.44. The van der Waals surface area contributed by atoms with E-state index in [0.29, 0.717) is 5.56 Å². The molecule has 2 N–H and O–H groups in total. The first-order valence-corrected chi connectivity index (χ1v) is 6.22. The number of nitrogen functional groups attached to an aromatic ring is 1. The van der Waals surface area contributed by atoms with Gasteiger partial charge in [-0.1, -0.05) is 11.6 Å². The second-order valence-electron chi connectivity index (χ2n) is 4.28. The molecule has 0 unspecified atom stereocenters. The van der Waals surface area contributed by atoms with E-state index in [4.69, 9.17) is 17.3 Å². The molecule has 0 saturated heterocycles. The number of nitrogens with two attached hydrogens (primary N) is 1. The van der Waals surface area contributed by atoms with Gasteiger partial charge in [-0.2, -0.15) is 4.68 Å². The molecule has 0 fully saturated rings. The number of halogens is 3. The minimum absolute atomic E-state index is 0.203. The van der Waals surface area contributed by atoms with Crippen molar-refractivity contribution in [3.63, 3.8) is 0 Å². The van der Waals surface area contributed by atoms with Crippen LogP contribution in [0.3, 0.4) is 0 Å². The van der Waals surface area contributed by atoms with Gasteiger partial charge in [0, 0.05) is 17.3 Å². The number of hydrogen-bond donors (Lipinski definition) is 1. The first kappa shape index (κ1) is 13.4. The number of nitrogens with zero attached hydrogens (tertiary/aromatic N) is 4. The van der Waals surface area contributed by atoms with Gasteiger partial charge in [-0.3, -0.25) is 0 Å². The summed E-state index contributed by atoms with van der Waals surface area (Å²) in [6.07, 6.45) is 0. The topological polar surface area (TPSA) is 69.6 Å². The Labute approximate surface area is 123 Å². The van der Waals surface area contributed by atoms with E-state index in [1.54, 1.807) is 0 Å². The van der Waals surface area contributed by atoms with E-state index in [1.165, 1.54) is 41.1 Å². The average Bonchev–Trinajstić information content (AvgIpc) is 2.89. The highest BCUT2D eigenvalue weighted by Crippen LogP contribution is 2.26. The van der Waals surface area contributed by atoms with Gasteiger partial charge in [0.05, 0.1) is 10.7 Å². The number of rotatable bonds is 2. The molecule has 0 amide bonds. The molecule has 0 aliphatic heterocycles. The fourth-order valence-electron chi connectivity index (χ4n) is 1.92. The lowest BCUT2D eigenvalue weighted by atomic mass is 10.2. The third kappa shape index (κ3) is 2.55. The molecule has 2 aromatic carbocycles. The van der Waals surface area contributed by atoms with E-state index < -0.39 is 11.6 Å². The summed E-state index contributed by atoms with van der Waals surface area (Å²) in [6, 6.07) is 7.70. The quantitative estimate of drug-likeness (QED) is 0.739. The van der Waals surface area contributed by atoms with Crippen LogP contribution in [0.1, 0.15) is 0 Å². The van der Waals surface area contributed by atoms with Crippen LogP contribution in [-0.2, 0) is 0 Å². The Balaban J connectivity index is 2.19. The maximum atomic E-state index is 13.5. The highest BCUT2D eigenvalue weighted by Gasteiger charge is 2.15. The van der Waals surface area contributed by atoms with Crippen LogP contribution in [0.5, 0.6) is 0 Å². The minimum Gasteiger partial charge on any atom is -0.399 e. The molecule has 3 rings (SSSR count). The molecule has 5 nitrogen and oxygen atoms in total. The summed E-state index contributed by atoms with van der Waals surface area (Å²) in [6.45, 7) is 0. The van der Waals surface area contributed by atoms with Gasteiger partial charge in [0.2, 0.25) is 0 Å². The summed E-state index contributed by atoms with van der Waals surface area (Å²) in [5.74, 6) is -0.812. The van der Waals surface area contributed by atoms with Crippen LogP contribution < -0.4 is 5.73 Å². The molecule has 0 radical (unpaired) electrons. The predicted octanol–water partition coefficient (Wildman–Crippen LogP) is 2.84. The lowest BCUT2D eigenvalue weighted by Gasteiger charge is -2.07. The molecule has 0 aliphatic rings. The molecule has 1 heterocycles. The highest BCUT2D eigenvalue weighted by molar-refractivity contribution is 6.32. The molecule has 0 bridgehead atoms. The Morgan fingerprint density at radius 1 is 1.05 bits per heavy atom. The Kier molecular flexibility index (Phi) is 3.26. The Hall–Kier alpha value is -2.54. The van der Waals surface area contributed by atoms with Crippen molar-refractivity contribution >= 4 is 17.3 Å². The maximum absolute atomic E-state index is 13.5. The zero-order valence-corrected chi connectivity index (χ0v) is 11.2. The summed E-state index contributed by atoms with van der Waals surface area (Å²) >= 11 is 6.03. The van der Waals surface area contributed by atoms with E-state index in [1.807, 2.05) is 0 Å². The maximum Gasteiger partial charge on any atom is 0.187 e. The molecule has 0 saturated carbocycles. The largest absolute Gasteiger partial charge is 0.399 e. The normalized spacial score (nSPS) is 10.8. The van der Waals surface area contributed by atoms with Crippen LogP contribution in [0.25, 0.3) is 17.1 Å². The second kappa shape index (κ2) is 5.10. The highest BCUT2D eigenvalue weighted by atomic mass is 35.5. The molecule has 1 aromatic heterocycles. The van der Waals surface area contributed by atoms with Crippen LogP contribution in [-0.4, -0.2) is 20.2 Å². The molecule has 8 heteroatoms. The van der Waals surface area contributed by atoms with Gasteiger partial charge in [0.25, 0.3) is 0 Å². The van der Waals surface area contributed by atoms with Crippen LogP contribution in [0, 0.1) is 11.6 Å². The van der Waals surface area contributed by atoms with Gasteiger partial charge in [-0.15, -0.1) is 5.10 Å². The van der Waals surface area contributed by atoms with Crippen molar-refractivity contribution in [1.29, 1.82) is 0 Å². The van der Waals surface area contributed by atoms with Crippen molar-refractivity contribution in [2.45, 2.75) is 0 Å². The molecule has 0 spiro atoms. The number of anilines is 1. The molecule has 3 aromatic rings. The zero-order chi connectivity index (χ0) is 15.0. The van der Waals surface area contributed by atoms with Crippen molar-refractivity contribution in [1.82, 2.24) is 20.2 Å². The monoisotopic (exact) mass is 307 g/mol. The Morgan fingerprint density at radius 3 is 2.62 bits per heavy atom. The van der Waals surface area contributed by atoms with Crippen LogP contribution in [0.4, 0.5) is 14.5 Å². The second-order valence-corrected chi connectivity index (χ2v) is 4.69. The van der Waals surface area contributed by atoms with Crippen LogP contribution in [0.15, 0.2) is 36.4 Å². The van der Waals surface area contributed by atoms with Crippen LogP contribution in [0.2, 0.25) is 5.02 Å². The lowest BCUT2D eigenvalue weighted by Crippen LogP contribution is -2.02.